The Morgan fingerprint density at radius 1 is 1.32 bits per heavy atom. The second kappa shape index (κ2) is 5.21. The SMILES string of the molecule is Cl.O=c1c(-n2ccnn2)c[nH]n1-c1cc(Cl)ncn1. The molecular weight excluding hydrogens is 293 g/mol. The molecule has 0 saturated heterocycles. The molecule has 0 atom stereocenters. The molecule has 0 aliphatic rings. The Morgan fingerprint density at radius 2 is 2.16 bits per heavy atom. The summed E-state index contributed by atoms with van der Waals surface area (Å²) >= 11 is 5.75. The minimum Gasteiger partial charge on any atom is -0.295 e. The zero-order valence-corrected chi connectivity index (χ0v) is 10.8. The highest BCUT2D eigenvalue weighted by Gasteiger charge is 2.11. The molecule has 0 bridgehead atoms. The zero-order chi connectivity index (χ0) is 12.5. The van der Waals surface area contributed by atoms with Gasteiger partial charge in [0.2, 0.25) is 0 Å². The molecule has 0 aliphatic heterocycles. The first kappa shape index (κ1) is 13.2. The van der Waals surface area contributed by atoms with Crippen LogP contribution in [0.25, 0.3) is 11.5 Å². The van der Waals surface area contributed by atoms with Crippen molar-refractivity contribution in [1.82, 2.24) is 34.7 Å². The fraction of sp³-hybridized carbons (Fsp3) is 0. The molecule has 0 radical (unpaired) electrons. The third-order valence-electron chi connectivity index (χ3n) is 2.27. The molecule has 3 aromatic rings. The maximum absolute atomic E-state index is 12.1. The molecule has 0 spiro atoms. The highest BCUT2D eigenvalue weighted by atomic mass is 35.5. The fourth-order valence-electron chi connectivity index (χ4n) is 1.48. The summed E-state index contributed by atoms with van der Waals surface area (Å²) in [5.74, 6) is 0.353. The average molecular weight is 300 g/mol. The smallest absolute Gasteiger partial charge is 0.295 e. The molecule has 0 saturated carbocycles. The second-order valence-electron chi connectivity index (χ2n) is 3.35. The van der Waals surface area contributed by atoms with Crippen molar-refractivity contribution < 1.29 is 0 Å². The lowest BCUT2D eigenvalue weighted by atomic mass is 10.5. The van der Waals surface area contributed by atoms with Gasteiger partial charge in [-0.05, 0) is 0 Å². The van der Waals surface area contributed by atoms with Crippen molar-refractivity contribution >= 4 is 24.0 Å². The van der Waals surface area contributed by atoms with E-state index in [1.807, 2.05) is 0 Å². The van der Waals surface area contributed by atoms with Crippen molar-refractivity contribution in [1.29, 1.82) is 0 Å². The Balaban J connectivity index is 0.00000133. The third-order valence-corrected chi connectivity index (χ3v) is 2.48. The highest BCUT2D eigenvalue weighted by Crippen LogP contribution is 2.07. The average Bonchev–Trinajstić information content (AvgIpc) is 2.97. The summed E-state index contributed by atoms with van der Waals surface area (Å²) in [5, 5.41) is 10.4. The Morgan fingerprint density at radius 3 is 2.84 bits per heavy atom. The Kier molecular flexibility index (Phi) is 3.63. The minimum absolute atomic E-state index is 0. The molecule has 3 heterocycles. The zero-order valence-electron chi connectivity index (χ0n) is 9.26. The van der Waals surface area contributed by atoms with E-state index in [1.54, 1.807) is 6.20 Å². The molecule has 0 unspecified atom stereocenters. The first-order valence-corrected chi connectivity index (χ1v) is 5.28. The van der Waals surface area contributed by atoms with Crippen LogP contribution in [0.4, 0.5) is 0 Å². The second-order valence-corrected chi connectivity index (χ2v) is 3.73. The standard InChI is InChI=1S/C9H6ClN7O.ClH/c10-7-3-8(12-5-11-7)17-9(18)6(4-14-17)16-2-1-13-15-16;/h1-5,14H;1H. The topological polar surface area (TPSA) is 94.3 Å². The predicted molar refractivity (Wildman–Crippen MR) is 69.2 cm³/mol. The highest BCUT2D eigenvalue weighted by molar-refractivity contribution is 6.29. The number of halogens is 2. The normalized spacial score (nSPS) is 10.2. The van der Waals surface area contributed by atoms with E-state index in [4.69, 9.17) is 11.6 Å². The quantitative estimate of drug-likeness (QED) is 0.700. The van der Waals surface area contributed by atoms with Gasteiger partial charge in [0.05, 0.1) is 18.6 Å². The summed E-state index contributed by atoms with van der Waals surface area (Å²) in [6.07, 6.45) is 5.84. The number of hydrogen-bond donors (Lipinski definition) is 1. The molecule has 8 nitrogen and oxygen atoms in total. The molecule has 0 amide bonds. The number of nitrogens with zero attached hydrogens (tertiary/aromatic N) is 6. The summed E-state index contributed by atoms with van der Waals surface area (Å²) in [4.78, 5) is 19.8. The van der Waals surface area contributed by atoms with Crippen LogP contribution in [0.2, 0.25) is 5.15 Å². The number of rotatable bonds is 2. The maximum Gasteiger partial charge on any atom is 0.298 e. The van der Waals surface area contributed by atoms with Crippen LogP contribution < -0.4 is 5.56 Å². The van der Waals surface area contributed by atoms with E-state index in [2.05, 4.69) is 25.4 Å². The number of aromatic nitrogens is 7. The number of nitrogens with one attached hydrogen (secondary N) is 1. The Labute approximate surface area is 117 Å². The van der Waals surface area contributed by atoms with Gasteiger partial charge in [-0.15, -0.1) is 17.5 Å². The van der Waals surface area contributed by atoms with Crippen LogP contribution >= 0.6 is 24.0 Å². The molecule has 1 N–H and O–H groups in total. The monoisotopic (exact) mass is 299 g/mol. The van der Waals surface area contributed by atoms with E-state index in [9.17, 15) is 4.79 Å². The van der Waals surface area contributed by atoms with Crippen molar-refractivity contribution in [3.8, 4) is 11.5 Å². The summed E-state index contributed by atoms with van der Waals surface area (Å²) < 4.78 is 2.60. The fourth-order valence-corrected chi connectivity index (χ4v) is 1.62. The maximum atomic E-state index is 12.1. The molecule has 3 aromatic heterocycles. The van der Waals surface area contributed by atoms with Crippen molar-refractivity contribution in [2.75, 3.05) is 0 Å². The van der Waals surface area contributed by atoms with E-state index >= 15 is 0 Å². The van der Waals surface area contributed by atoms with Crippen LogP contribution in [-0.2, 0) is 0 Å². The van der Waals surface area contributed by atoms with Crippen molar-refractivity contribution in [3.63, 3.8) is 0 Å². The minimum atomic E-state index is -0.310. The van der Waals surface area contributed by atoms with E-state index < -0.39 is 0 Å². The van der Waals surface area contributed by atoms with Gasteiger partial charge in [0.15, 0.2) is 11.5 Å². The molecule has 0 aliphatic carbocycles. The molecule has 0 fully saturated rings. The predicted octanol–water partition coefficient (Wildman–Crippen LogP) is 0.611. The summed E-state index contributed by atoms with van der Waals surface area (Å²) in [7, 11) is 0. The van der Waals surface area contributed by atoms with Crippen molar-refractivity contribution in [2.24, 2.45) is 0 Å². The van der Waals surface area contributed by atoms with Crippen LogP contribution in [0.1, 0.15) is 0 Å². The molecular formula is C9H7Cl2N7O. The van der Waals surface area contributed by atoms with E-state index in [1.165, 1.54) is 34.2 Å². The molecule has 19 heavy (non-hydrogen) atoms. The lowest BCUT2D eigenvalue weighted by Gasteiger charge is -1.99. The summed E-state index contributed by atoms with van der Waals surface area (Å²) in [6, 6.07) is 1.48. The summed E-state index contributed by atoms with van der Waals surface area (Å²) in [5.41, 5.74) is 0.0255. The lowest BCUT2D eigenvalue weighted by Crippen LogP contribution is -2.19. The van der Waals surface area contributed by atoms with Gasteiger partial charge in [-0.25, -0.2) is 14.6 Å². The van der Waals surface area contributed by atoms with Gasteiger partial charge in [0.25, 0.3) is 5.56 Å². The Bertz CT molecular complexity index is 733. The van der Waals surface area contributed by atoms with Gasteiger partial charge in [0.1, 0.15) is 11.5 Å². The van der Waals surface area contributed by atoms with Crippen LogP contribution in [0, 0.1) is 0 Å². The molecule has 3 rings (SSSR count). The van der Waals surface area contributed by atoms with E-state index in [0.717, 1.165) is 0 Å². The molecule has 98 valence electrons. The van der Waals surface area contributed by atoms with Gasteiger partial charge in [0, 0.05) is 6.07 Å². The number of aromatic amines is 1. The number of hydrogen-bond acceptors (Lipinski definition) is 5. The molecule has 0 aromatic carbocycles. The van der Waals surface area contributed by atoms with Crippen LogP contribution in [0.5, 0.6) is 0 Å². The number of H-pyrrole nitrogens is 1. The molecule has 10 heteroatoms. The van der Waals surface area contributed by atoms with Crippen molar-refractivity contribution in [2.45, 2.75) is 0 Å². The van der Waals surface area contributed by atoms with Gasteiger partial charge in [-0.1, -0.05) is 16.8 Å². The van der Waals surface area contributed by atoms with Crippen LogP contribution in [0.15, 0.2) is 35.8 Å². The lowest BCUT2D eigenvalue weighted by molar-refractivity contribution is 0.784. The summed E-state index contributed by atoms with van der Waals surface area (Å²) in [6.45, 7) is 0. The van der Waals surface area contributed by atoms with Crippen molar-refractivity contribution in [3.05, 3.63) is 46.5 Å². The van der Waals surface area contributed by atoms with Gasteiger partial charge >= 0.3 is 0 Å². The van der Waals surface area contributed by atoms with Gasteiger partial charge in [-0.3, -0.25) is 9.89 Å². The van der Waals surface area contributed by atoms with E-state index in [-0.39, 0.29) is 23.1 Å². The third kappa shape index (κ3) is 2.35. The Hall–Kier alpha value is -2.19. The van der Waals surface area contributed by atoms with Gasteiger partial charge < -0.3 is 0 Å². The first-order valence-electron chi connectivity index (χ1n) is 4.91. The van der Waals surface area contributed by atoms with Crippen LogP contribution in [0.3, 0.4) is 0 Å². The van der Waals surface area contributed by atoms with E-state index in [0.29, 0.717) is 11.5 Å². The van der Waals surface area contributed by atoms with Crippen LogP contribution in [-0.4, -0.2) is 34.7 Å². The van der Waals surface area contributed by atoms with Gasteiger partial charge in [-0.2, -0.15) is 4.68 Å². The first-order chi connectivity index (χ1) is 8.75. The largest absolute Gasteiger partial charge is 0.298 e.